The molecule has 178 valence electrons. The van der Waals surface area contributed by atoms with Crippen LogP contribution in [0.15, 0.2) is 73.0 Å². The van der Waals surface area contributed by atoms with Crippen LogP contribution in [-0.2, 0) is 20.8 Å². The molecule has 0 fully saturated rings. The number of halogens is 4. The molecular formula is C20H14BrF3N4O5S. The van der Waals surface area contributed by atoms with Crippen LogP contribution < -0.4 is 5.73 Å². The number of aliphatic imine (C=N–C) groups is 1. The number of rotatable bonds is 6. The number of allylic oxidation sites excluding steroid dienone is 1. The highest BCUT2D eigenvalue weighted by atomic mass is 79.9. The maximum atomic E-state index is 13.4. The van der Waals surface area contributed by atoms with Crippen molar-refractivity contribution >= 4 is 43.1 Å². The van der Waals surface area contributed by atoms with E-state index in [1.807, 2.05) is 0 Å². The summed E-state index contributed by atoms with van der Waals surface area (Å²) in [7, 11) is -3.55. The number of sulfone groups is 1. The number of alkyl halides is 3. The van der Waals surface area contributed by atoms with Gasteiger partial charge in [0.15, 0.2) is 9.84 Å². The number of carboxylic acids is 1. The van der Waals surface area contributed by atoms with E-state index in [9.17, 15) is 31.5 Å². The van der Waals surface area contributed by atoms with Gasteiger partial charge in [-0.15, -0.1) is 10.2 Å². The molecule has 34 heavy (non-hydrogen) atoms. The normalized spacial score (nSPS) is 13.5. The van der Waals surface area contributed by atoms with Crippen molar-refractivity contribution in [2.75, 3.05) is 6.26 Å². The van der Waals surface area contributed by atoms with Gasteiger partial charge >= 0.3 is 12.1 Å². The highest BCUT2D eigenvalue weighted by Gasteiger charge is 2.34. The van der Waals surface area contributed by atoms with Crippen LogP contribution in [0.2, 0.25) is 0 Å². The second-order valence-electron chi connectivity index (χ2n) is 6.72. The smallest absolute Gasteiger partial charge is 0.418 e. The van der Waals surface area contributed by atoms with Crippen molar-refractivity contribution in [3.8, 4) is 11.5 Å². The molecule has 14 heteroatoms. The van der Waals surface area contributed by atoms with E-state index in [1.54, 1.807) is 0 Å². The van der Waals surface area contributed by atoms with Gasteiger partial charge in [-0.3, -0.25) is 0 Å². The average Bonchev–Trinajstić information content (AvgIpc) is 3.25. The minimum Gasteiger partial charge on any atom is -0.477 e. The molecule has 0 spiro atoms. The Labute approximate surface area is 198 Å². The van der Waals surface area contributed by atoms with E-state index in [-0.39, 0.29) is 16.3 Å². The van der Waals surface area contributed by atoms with Crippen molar-refractivity contribution in [3.05, 3.63) is 70.2 Å². The molecular weight excluding hydrogens is 545 g/mol. The molecule has 2 aromatic carbocycles. The SMILES string of the molecule is CS(=O)(=O)c1cccc(-c2nnc(C(=Nc3ccccc3C(F)(F)F)/C(Br)=C(\N)C(=O)O)o2)c1. The lowest BCUT2D eigenvalue weighted by atomic mass is 10.1. The van der Waals surface area contributed by atoms with E-state index in [0.29, 0.717) is 0 Å². The molecule has 0 aliphatic rings. The second-order valence-corrected chi connectivity index (χ2v) is 9.53. The van der Waals surface area contributed by atoms with Crippen molar-refractivity contribution in [3.63, 3.8) is 0 Å². The van der Waals surface area contributed by atoms with E-state index in [4.69, 9.17) is 10.2 Å². The summed E-state index contributed by atoms with van der Waals surface area (Å²) in [4.78, 5) is 15.2. The van der Waals surface area contributed by atoms with Crippen LogP contribution in [0.4, 0.5) is 18.9 Å². The number of carboxylic acid groups (broad SMARTS) is 1. The van der Waals surface area contributed by atoms with E-state index in [2.05, 4.69) is 31.1 Å². The van der Waals surface area contributed by atoms with Crippen LogP contribution in [0.1, 0.15) is 11.5 Å². The summed E-state index contributed by atoms with van der Waals surface area (Å²) in [6.45, 7) is 0. The first-order valence-corrected chi connectivity index (χ1v) is 11.8. The zero-order valence-corrected chi connectivity index (χ0v) is 19.4. The number of hydrogen-bond acceptors (Lipinski definition) is 8. The molecule has 0 aliphatic carbocycles. The third-order valence-corrected chi connectivity index (χ3v) is 6.17. The van der Waals surface area contributed by atoms with Crippen LogP contribution in [0.5, 0.6) is 0 Å². The van der Waals surface area contributed by atoms with Crippen LogP contribution in [0.3, 0.4) is 0 Å². The highest BCUT2D eigenvalue weighted by molar-refractivity contribution is 9.12. The van der Waals surface area contributed by atoms with Gasteiger partial charge in [-0.1, -0.05) is 18.2 Å². The number of para-hydroxylation sites is 1. The molecule has 0 bridgehead atoms. The maximum absolute atomic E-state index is 13.4. The molecule has 3 aromatic rings. The van der Waals surface area contributed by atoms with Crippen LogP contribution in [0, 0.1) is 0 Å². The Morgan fingerprint density at radius 1 is 1.15 bits per heavy atom. The maximum Gasteiger partial charge on any atom is 0.418 e. The fourth-order valence-corrected chi connectivity index (χ4v) is 3.73. The van der Waals surface area contributed by atoms with Gasteiger partial charge in [-0.2, -0.15) is 13.2 Å². The fourth-order valence-electron chi connectivity index (χ4n) is 2.64. The summed E-state index contributed by atoms with van der Waals surface area (Å²) in [5.74, 6) is -2.23. The summed E-state index contributed by atoms with van der Waals surface area (Å²) in [6.07, 6.45) is -3.75. The average molecular weight is 559 g/mol. The zero-order valence-electron chi connectivity index (χ0n) is 17.0. The van der Waals surface area contributed by atoms with Crippen molar-refractivity contribution in [1.29, 1.82) is 0 Å². The highest BCUT2D eigenvalue weighted by Crippen LogP contribution is 2.37. The third-order valence-electron chi connectivity index (χ3n) is 4.25. The number of hydrogen-bond donors (Lipinski definition) is 2. The van der Waals surface area contributed by atoms with Crippen molar-refractivity contribution in [2.24, 2.45) is 10.7 Å². The lowest BCUT2D eigenvalue weighted by Crippen LogP contribution is -2.16. The number of carbonyl (C=O) groups is 1. The number of benzene rings is 2. The van der Waals surface area contributed by atoms with Gasteiger partial charge in [0, 0.05) is 11.8 Å². The first kappa shape index (κ1) is 25.1. The molecule has 0 unspecified atom stereocenters. The summed E-state index contributed by atoms with van der Waals surface area (Å²) in [5.41, 5.74) is 2.83. The van der Waals surface area contributed by atoms with E-state index in [1.165, 1.54) is 30.3 Å². The molecule has 3 N–H and O–H groups in total. The monoisotopic (exact) mass is 558 g/mol. The third kappa shape index (κ3) is 5.51. The topological polar surface area (TPSA) is 149 Å². The van der Waals surface area contributed by atoms with Crippen molar-refractivity contribution in [1.82, 2.24) is 10.2 Å². The van der Waals surface area contributed by atoms with E-state index < -0.39 is 55.0 Å². The van der Waals surface area contributed by atoms with Gasteiger partial charge in [-0.25, -0.2) is 18.2 Å². The Hall–Kier alpha value is -3.52. The standard InChI is InChI=1S/C20H14BrF3N4O5S/c1-34(31,32)11-6-4-5-10(9-11)17-27-28-18(33-17)16(14(21)15(25)19(29)30)26-13-8-3-2-7-12(13)20(22,23)24/h2-9H,25H2,1H3,(H,29,30)/b15-14+,26-16?. The van der Waals surface area contributed by atoms with E-state index in [0.717, 1.165) is 24.5 Å². The number of nitrogens with zero attached hydrogens (tertiary/aromatic N) is 3. The minimum absolute atomic E-state index is 0.0334. The Morgan fingerprint density at radius 3 is 2.44 bits per heavy atom. The van der Waals surface area contributed by atoms with Gasteiger partial charge in [0.05, 0.1) is 20.6 Å². The predicted octanol–water partition coefficient (Wildman–Crippen LogP) is 3.93. The Balaban J connectivity index is 2.20. The summed E-state index contributed by atoms with van der Waals surface area (Å²) >= 11 is 2.94. The predicted molar refractivity (Wildman–Crippen MR) is 118 cm³/mol. The van der Waals surface area contributed by atoms with Gasteiger partial charge in [0.2, 0.25) is 5.89 Å². The van der Waals surface area contributed by atoms with Gasteiger partial charge in [0.25, 0.3) is 5.89 Å². The van der Waals surface area contributed by atoms with Crippen LogP contribution in [-0.4, -0.2) is 41.7 Å². The lowest BCUT2D eigenvalue weighted by molar-refractivity contribution is -0.137. The molecule has 9 nitrogen and oxygen atoms in total. The number of aliphatic carboxylic acids is 1. The minimum atomic E-state index is -4.76. The van der Waals surface area contributed by atoms with Crippen LogP contribution >= 0.6 is 15.9 Å². The summed E-state index contributed by atoms with van der Waals surface area (Å²) < 4.78 is 69.0. The molecule has 1 aromatic heterocycles. The first-order valence-electron chi connectivity index (χ1n) is 9.07. The summed E-state index contributed by atoms with van der Waals surface area (Å²) in [6, 6.07) is 9.85. The van der Waals surface area contributed by atoms with Gasteiger partial charge < -0.3 is 15.3 Å². The summed E-state index contributed by atoms with van der Waals surface area (Å²) in [5, 5.41) is 16.7. The van der Waals surface area contributed by atoms with Crippen molar-refractivity contribution < 1.29 is 35.9 Å². The zero-order chi connectivity index (χ0) is 25.3. The molecule has 1 heterocycles. The molecule has 0 saturated carbocycles. The molecule has 3 rings (SSSR count). The largest absolute Gasteiger partial charge is 0.477 e. The van der Waals surface area contributed by atoms with Gasteiger partial charge in [0.1, 0.15) is 11.4 Å². The second kappa shape index (κ2) is 9.38. The molecule has 0 saturated heterocycles. The molecule has 0 aliphatic heterocycles. The lowest BCUT2D eigenvalue weighted by Gasteiger charge is -2.10. The molecule has 0 radical (unpaired) electrons. The van der Waals surface area contributed by atoms with Gasteiger partial charge in [-0.05, 0) is 46.3 Å². The first-order chi connectivity index (χ1) is 15.8. The van der Waals surface area contributed by atoms with E-state index >= 15 is 0 Å². The molecule has 0 atom stereocenters. The number of aromatic nitrogens is 2. The molecule has 0 amide bonds. The fraction of sp³-hybridized carbons (Fsp3) is 0.100. The quantitative estimate of drug-likeness (QED) is 0.341. The van der Waals surface area contributed by atoms with Crippen LogP contribution in [0.25, 0.3) is 11.5 Å². The van der Waals surface area contributed by atoms with Crippen molar-refractivity contribution in [2.45, 2.75) is 11.1 Å². The Kier molecular flexibility index (Phi) is 6.93. The Bertz CT molecular complexity index is 1430. The Morgan fingerprint density at radius 2 is 1.82 bits per heavy atom. The number of nitrogens with two attached hydrogens (primary N) is 1.